The van der Waals surface area contributed by atoms with Crippen molar-refractivity contribution in [1.29, 1.82) is 0 Å². The minimum Gasteiger partial charge on any atom is -0.463 e. The normalized spacial score (nSPS) is 10.6. The van der Waals surface area contributed by atoms with Crippen LogP contribution >= 0.6 is 0 Å². The summed E-state index contributed by atoms with van der Waals surface area (Å²) in [5.74, 6) is 0.676. The van der Waals surface area contributed by atoms with Crippen LogP contribution in [0.5, 0.6) is 0 Å². The lowest BCUT2D eigenvalue weighted by Crippen LogP contribution is -2.35. The first-order chi connectivity index (χ1) is 11.5. The van der Waals surface area contributed by atoms with Gasteiger partial charge < -0.3 is 19.2 Å². The molecular formula is C15H15N5O4. The molecule has 0 aromatic carbocycles. The Morgan fingerprint density at radius 1 is 1.38 bits per heavy atom. The number of aryl methyl sites for hydroxylation is 1. The molecule has 24 heavy (non-hydrogen) atoms. The molecule has 0 saturated carbocycles. The molecule has 3 aromatic heterocycles. The summed E-state index contributed by atoms with van der Waals surface area (Å²) in [6, 6.07) is 6.64. The fourth-order valence-electron chi connectivity index (χ4n) is 2.08. The highest BCUT2D eigenvalue weighted by molar-refractivity contribution is 5.98. The average Bonchev–Trinajstić information content (AvgIpc) is 3.27. The van der Waals surface area contributed by atoms with Crippen LogP contribution in [0.4, 0.5) is 5.82 Å². The SMILES string of the molecule is Cc1cc(NC(=O)CN(C)C(=O)c2cc(-c3ccco3)[nH]n2)no1. The third-order valence-corrected chi connectivity index (χ3v) is 3.21. The van der Waals surface area contributed by atoms with Crippen molar-refractivity contribution in [3.63, 3.8) is 0 Å². The van der Waals surface area contributed by atoms with Crippen molar-refractivity contribution >= 4 is 17.6 Å². The van der Waals surface area contributed by atoms with Gasteiger partial charge in [-0.15, -0.1) is 0 Å². The van der Waals surface area contributed by atoms with Crippen LogP contribution in [-0.4, -0.2) is 45.7 Å². The molecule has 3 aromatic rings. The molecule has 3 heterocycles. The number of H-pyrrole nitrogens is 1. The number of anilines is 1. The van der Waals surface area contributed by atoms with Gasteiger partial charge in [0.05, 0.1) is 12.8 Å². The molecule has 2 N–H and O–H groups in total. The smallest absolute Gasteiger partial charge is 0.274 e. The molecule has 0 bridgehead atoms. The summed E-state index contributed by atoms with van der Waals surface area (Å²) in [4.78, 5) is 25.5. The number of carbonyl (C=O) groups excluding carboxylic acids is 2. The van der Waals surface area contributed by atoms with Crippen molar-refractivity contribution in [3.05, 3.63) is 42.0 Å². The number of aromatic amines is 1. The number of likely N-dealkylation sites (N-methyl/N-ethyl adjacent to an activating group) is 1. The van der Waals surface area contributed by atoms with Gasteiger partial charge in [0.1, 0.15) is 11.5 Å². The van der Waals surface area contributed by atoms with Crippen LogP contribution in [0.1, 0.15) is 16.2 Å². The Balaban J connectivity index is 1.61. The van der Waals surface area contributed by atoms with Gasteiger partial charge in [-0.1, -0.05) is 5.16 Å². The summed E-state index contributed by atoms with van der Waals surface area (Å²) in [5, 5.41) is 12.9. The second-order valence-electron chi connectivity index (χ2n) is 5.18. The standard InChI is InChI=1S/C15H15N5O4/c1-9-6-13(19-24-9)16-14(21)8-20(2)15(22)11-7-10(17-18-11)12-4-3-5-23-12/h3-7H,8H2,1-2H3,(H,17,18)(H,16,19,21). The Morgan fingerprint density at radius 3 is 2.88 bits per heavy atom. The van der Waals surface area contributed by atoms with Gasteiger partial charge in [-0.25, -0.2) is 0 Å². The molecule has 0 atom stereocenters. The Kier molecular flexibility index (Phi) is 4.15. The maximum atomic E-state index is 12.3. The number of aromatic nitrogens is 3. The lowest BCUT2D eigenvalue weighted by molar-refractivity contribution is -0.116. The molecule has 3 rings (SSSR count). The zero-order chi connectivity index (χ0) is 17.1. The fourth-order valence-corrected chi connectivity index (χ4v) is 2.08. The lowest BCUT2D eigenvalue weighted by atomic mass is 10.3. The highest BCUT2D eigenvalue weighted by atomic mass is 16.5. The van der Waals surface area contributed by atoms with E-state index in [9.17, 15) is 9.59 Å². The summed E-state index contributed by atoms with van der Waals surface area (Å²) in [6.45, 7) is 1.57. The molecule has 0 spiro atoms. The molecule has 0 fully saturated rings. The Morgan fingerprint density at radius 2 is 2.21 bits per heavy atom. The summed E-state index contributed by atoms with van der Waals surface area (Å²) in [6.07, 6.45) is 1.53. The largest absolute Gasteiger partial charge is 0.463 e. The molecular weight excluding hydrogens is 314 g/mol. The van der Waals surface area contributed by atoms with E-state index in [1.165, 1.54) is 18.2 Å². The zero-order valence-corrected chi connectivity index (χ0v) is 13.1. The molecule has 0 saturated heterocycles. The van der Waals surface area contributed by atoms with Crippen molar-refractivity contribution in [2.24, 2.45) is 0 Å². The number of carbonyl (C=O) groups is 2. The number of rotatable bonds is 5. The van der Waals surface area contributed by atoms with E-state index in [4.69, 9.17) is 8.94 Å². The third-order valence-electron chi connectivity index (χ3n) is 3.21. The molecule has 124 valence electrons. The molecule has 0 radical (unpaired) electrons. The zero-order valence-electron chi connectivity index (χ0n) is 13.1. The number of nitrogens with zero attached hydrogens (tertiary/aromatic N) is 3. The highest BCUT2D eigenvalue weighted by Gasteiger charge is 2.19. The molecule has 0 aliphatic rings. The van der Waals surface area contributed by atoms with E-state index >= 15 is 0 Å². The van der Waals surface area contributed by atoms with Gasteiger partial charge in [-0.3, -0.25) is 14.7 Å². The Hall–Kier alpha value is -3.36. The van der Waals surface area contributed by atoms with Crippen LogP contribution in [0, 0.1) is 6.92 Å². The minimum absolute atomic E-state index is 0.145. The van der Waals surface area contributed by atoms with Crippen LogP contribution in [0.25, 0.3) is 11.5 Å². The van der Waals surface area contributed by atoms with E-state index in [-0.39, 0.29) is 18.1 Å². The van der Waals surface area contributed by atoms with Gasteiger partial charge in [-0.05, 0) is 19.1 Å². The van der Waals surface area contributed by atoms with E-state index in [1.807, 2.05) is 0 Å². The second kappa shape index (κ2) is 6.41. The summed E-state index contributed by atoms with van der Waals surface area (Å²) < 4.78 is 10.1. The number of amides is 2. The predicted octanol–water partition coefficient (Wildman–Crippen LogP) is 1.68. The lowest BCUT2D eigenvalue weighted by Gasteiger charge is -2.14. The summed E-state index contributed by atoms with van der Waals surface area (Å²) in [7, 11) is 1.51. The van der Waals surface area contributed by atoms with Crippen molar-refractivity contribution in [3.8, 4) is 11.5 Å². The van der Waals surface area contributed by atoms with Gasteiger partial charge >= 0.3 is 0 Å². The van der Waals surface area contributed by atoms with Crippen LogP contribution in [0.3, 0.4) is 0 Å². The summed E-state index contributed by atoms with van der Waals surface area (Å²) in [5.41, 5.74) is 0.772. The second-order valence-corrected chi connectivity index (χ2v) is 5.18. The topological polar surface area (TPSA) is 117 Å². The Bertz CT molecular complexity index is 849. The van der Waals surface area contributed by atoms with E-state index < -0.39 is 5.91 Å². The molecule has 0 unspecified atom stereocenters. The number of hydrogen-bond acceptors (Lipinski definition) is 6. The number of nitrogens with one attached hydrogen (secondary N) is 2. The van der Waals surface area contributed by atoms with E-state index in [0.717, 1.165) is 0 Å². The highest BCUT2D eigenvalue weighted by Crippen LogP contribution is 2.18. The maximum absolute atomic E-state index is 12.3. The van der Waals surface area contributed by atoms with Gasteiger partial charge in [-0.2, -0.15) is 5.10 Å². The summed E-state index contributed by atoms with van der Waals surface area (Å²) >= 11 is 0. The maximum Gasteiger partial charge on any atom is 0.274 e. The van der Waals surface area contributed by atoms with Crippen LogP contribution in [-0.2, 0) is 4.79 Å². The first-order valence-corrected chi connectivity index (χ1v) is 7.11. The first kappa shape index (κ1) is 15.5. The molecule has 0 aliphatic heterocycles. The average molecular weight is 329 g/mol. The quantitative estimate of drug-likeness (QED) is 0.735. The monoisotopic (exact) mass is 329 g/mol. The van der Waals surface area contributed by atoms with Crippen LogP contribution in [0.2, 0.25) is 0 Å². The molecule has 0 aliphatic carbocycles. The van der Waals surface area contributed by atoms with Crippen molar-refractivity contribution in [2.75, 3.05) is 18.9 Å². The van der Waals surface area contributed by atoms with Crippen molar-refractivity contribution in [1.82, 2.24) is 20.3 Å². The molecule has 2 amide bonds. The third kappa shape index (κ3) is 3.35. The molecule has 9 heteroatoms. The van der Waals surface area contributed by atoms with Crippen molar-refractivity contribution < 1.29 is 18.5 Å². The van der Waals surface area contributed by atoms with Gasteiger partial charge in [0.2, 0.25) is 5.91 Å². The van der Waals surface area contributed by atoms with Crippen molar-refractivity contribution in [2.45, 2.75) is 6.92 Å². The van der Waals surface area contributed by atoms with E-state index in [2.05, 4.69) is 20.7 Å². The van der Waals surface area contributed by atoms with E-state index in [1.54, 1.807) is 31.2 Å². The predicted molar refractivity (Wildman–Crippen MR) is 83.1 cm³/mol. The minimum atomic E-state index is -0.393. The van der Waals surface area contributed by atoms with Crippen LogP contribution in [0.15, 0.2) is 39.5 Å². The Labute approximate surface area is 136 Å². The first-order valence-electron chi connectivity index (χ1n) is 7.11. The van der Waals surface area contributed by atoms with E-state index in [0.29, 0.717) is 23.0 Å². The van der Waals surface area contributed by atoms with Gasteiger partial charge in [0, 0.05) is 19.2 Å². The van der Waals surface area contributed by atoms with Crippen LogP contribution < -0.4 is 5.32 Å². The number of furan rings is 1. The van der Waals surface area contributed by atoms with Gasteiger partial charge in [0.25, 0.3) is 5.91 Å². The fraction of sp³-hybridized carbons (Fsp3) is 0.200. The molecule has 9 nitrogen and oxygen atoms in total. The van der Waals surface area contributed by atoms with Gasteiger partial charge in [0.15, 0.2) is 17.3 Å². The number of hydrogen-bond donors (Lipinski definition) is 2.